The highest BCUT2D eigenvalue weighted by molar-refractivity contribution is 9.24. The number of rotatable bonds is 16. The van der Waals surface area contributed by atoms with Crippen LogP contribution in [0.3, 0.4) is 0 Å². The van der Waals surface area contributed by atoms with Crippen molar-refractivity contribution < 1.29 is 43.3 Å². The number of amides is 2. The van der Waals surface area contributed by atoms with Crippen molar-refractivity contribution in [2.45, 2.75) is 137 Å². The van der Waals surface area contributed by atoms with Gasteiger partial charge in [0, 0.05) is 33.6 Å². The predicted octanol–water partition coefficient (Wildman–Crippen LogP) is 19.3. The van der Waals surface area contributed by atoms with Crippen molar-refractivity contribution in [2.75, 3.05) is 13.2 Å². The fourth-order valence-electron chi connectivity index (χ4n) is 6.70. The van der Waals surface area contributed by atoms with Crippen LogP contribution in [0.2, 0.25) is 0 Å². The zero-order valence-corrected chi connectivity index (χ0v) is 69.8. The maximum atomic E-state index is 12.2. The molecule has 0 fully saturated rings. The molecule has 23 atom stereocenters. The normalized spacial score (nSPS) is 23.6. The molecule has 2 heterocycles. The molecule has 430 valence electrons. The number of hydrogen-bond donors (Lipinski definition) is 3. The third-order valence-corrected chi connectivity index (χ3v) is 150. The Morgan fingerprint density at radius 1 is 0.581 bits per heavy atom. The van der Waals surface area contributed by atoms with E-state index in [1.807, 2.05) is 58.1 Å². The molecule has 2 rings (SSSR count). The lowest BCUT2D eigenvalue weighted by Crippen LogP contribution is -2.40. The molecule has 0 aromatic rings. The number of aliphatic hydroxyl groups is 1. The summed E-state index contributed by atoms with van der Waals surface area (Å²) in [5.41, 5.74) is 1.86. The highest BCUT2D eigenvalue weighted by Crippen LogP contribution is 3.18. The molecule has 21 unspecified atom stereocenters. The van der Waals surface area contributed by atoms with E-state index in [2.05, 4.69) is 136 Å². The molecule has 74 heavy (non-hydrogen) atoms. The van der Waals surface area contributed by atoms with Crippen molar-refractivity contribution in [3.63, 3.8) is 0 Å². The summed E-state index contributed by atoms with van der Waals surface area (Å²) in [6.07, 6.45) is 18.7. The Morgan fingerprint density at radius 2 is 0.973 bits per heavy atom. The second-order valence-electron chi connectivity index (χ2n) is 16.5. The van der Waals surface area contributed by atoms with Gasteiger partial charge in [0.25, 0.3) is 0 Å². The molecule has 2 aliphatic heterocycles. The summed E-state index contributed by atoms with van der Waals surface area (Å²) in [4.78, 5) is 57.7. The minimum Gasteiger partial charge on any atom is -0.462 e. The predicted molar refractivity (Wildman–Crippen MR) is 402 cm³/mol. The average molecular weight is 1490 g/mol. The van der Waals surface area contributed by atoms with E-state index in [0.717, 1.165) is 70.5 Å². The van der Waals surface area contributed by atoms with Crippen molar-refractivity contribution >= 4 is 233 Å². The van der Waals surface area contributed by atoms with Crippen LogP contribution < -0.4 is 10.6 Å². The van der Waals surface area contributed by atoms with Gasteiger partial charge in [0.15, 0.2) is 0 Å². The van der Waals surface area contributed by atoms with Crippen molar-refractivity contribution in [1.82, 2.24) is 10.6 Å². The minimum atomic E-state index is -0.339. The molecule has 0 aromatic heterocycles. The zero-order chi connectivity index (χ0) is 57.2. The van der Waals surface area contributed by atoms with E-state index in [9.17, 15) is 24.0 Å². The number of aliphatic hydroxyl groups excluding tert-OH is 1. The molecule has 0 saturated heterocycles. The quantitative estimate of drug-likeness (QED) is 0.0592. The van der Waals surface area contributed by atoms with E-state index in [4.69, 9.17) is 19.3 Å². The van der Waals surface area contributed by atoms with Gasteiger partial charge < -0.3 is 30.0 Å². The zero-order valence-electron chi connectivity index (χ0n) is 43.7. The Bertz CT molecular complexity index is 1740. The third kappa shape index (κ3) is 41.2. The lowest BCUT2D eigenvalue weighted by atomic mass is 9.93. The Hall–Kier alpha value is 7.02. The summed E-state index contributed by atoms with van der Waals surface area (Å²) in [5.74, 6) is -0.800. The summed E-state index contributed by atoms with van der Waals surface area (Å²) < 4.78 is 15.7. The van der Waals surface area contributed by atoms with Crippen LogP contribution in [0.5, 0.6) is 0 Å². The topological polar surface area (TPSA) is 157 Å². The van der Waals surface area contributed by atoms with Gasteiger partial charge in [-0.05, 0) is 152 Å². The van der Waals surface area contributed by atoms with Gasteiger partial charge >= 0.3 is 17.9 Å². The summed E-state index contributed by atoms with van der Waals surface area (Å²) in [5, 5.41) is 15.2. The summed E-state index contributed by atoms with van der Waals surface area (Å²) >= 11 is 0. The van der Waals surface area contributed by atoms with Crippen LogP contribution in [-0.4, -0.2) is 72.3 Å². The number of esters is 3. The average Bonchev–Trinajstić information content (AvgIpc) is 3.28. The number of nitrogens with one attached hydrogen (secondary N) is 2. The van der Waals surface area contributed by atoms with Gasteiger partial charge in [-0.1, -0.05) is 64.0 Å². The van der Waals surface area contributed by atoms with Crippen LogP contribution in [-0.2, 0) is 38.2 Å². The fourth-order valence-corrected chi connectivity index (χ4v) is 236. The molecule has 3 N–H and O–H groups in total. The van der Waals surface area contributed by atoms with Crippen LogP contribution >= 0.6 is 203 Å². The molecule has 0 saturated carbocycles. The number of ether oxygens (including phenoxy) is 3. The molecular formula is C38H89N2O9P25. The first-order valence-corrected chi connectivity index (χ1v) is 66.8. The smallest absolute Gasteiger partial charge is 0.303 e. The highest BCUT2D eigenvalue weighted by Gasteiger charge is 2.29. The lowest BCUT2D eigenvalue weighted by Gasteiger charge is -2.34. The Kier molecular flexibility index (Phi) is 56.1. The highest BCUT2D eigenvalue weighted by atomic mass is 33.3. The Balaban J connectivity index is 0. The third-order valence-electron chi connectivity index (χ3n) is 10.2. The number of hydrogen-bond acceptors (Lipinski definition) is 9. The van der Waals surface area contributed by atoms with E-state index in [-0.39, 0.29) is 149 Å². The van der Waals surface area contributed by atoms with E-state index < -0.39 is 0 Å². The van der Waals surface area contributed by atoms with Gasteiger partial charge in [0.2, 0.25) is 11.8 Å². The van der Waals surface area contributed by atoms with Crippen LogP contribution in [0.1, 0.15) is 113 Å². The fraction of sp³-hybridized carbons (Fsp3) is 0.658. The Morgan fingerprint density at radius 3 is 1.26 bits per heavy atom. The van der Waals surface area contributed by atoms with Crippen molar-refractivity contribution in [1.29, 1.82) is 0 Å². The van der Waals surface area contributed by atoms with Crippen LogP contribution in [0.15, 0.2) is 47.6 Å². The minimum absolute atomic E-state index is 0.00464. The lowest BCUT2D eigenvalue weighted by molar-refractivity contribution is -0.145. The van der Waals surface area contributed by atoms with Crippen LogP contribution in [0, 0.1) is 11.8 Å². The molecule has 0 bridgehead atoms. The Labute approximate surface area is 492 Å². The van der Waals surface area contributed by atoms with Crippen LogP contribution in [0.25, 0.3) is 0 Å². The standard InChI is InChI=1S/C20H31NO5.C18H29NO4.H15P13.H14P12/c1-14-10-11-18(26-17(4)23)8-6-5-7-9-19(24)21-20(14)15(2)12-13-25-16(3)22;1-13-9-10-16(23-15(3)21)7-5-4-6-8-17(22)19-18(13)14(2)11-12-20;1-8-12(9(2)3)13(10(4)5)11(6)7;1-8(2)11(7)12(9(3)4)10(5)6/h10-12,14,18,20H,5-9,13H2,1-4H3,(H,21,24);9-11,13,16,18,20H,4-8,12H2,1-3H3,(H,19,22);8H,1-7H2;1-7H2/b11-10+,15-12+;10-9+,14-11+;;/t14-,18?,20?;13-,16?,18?;;/m00../s1. The summed E-state index contributed by atoms with van der Waals surface area (Å²) in [6.45, 7) is 13.7. The van der Waals surface area contributed by atoms with Gasteiger partial charge in [0.1, 0.15) is 18.8 Å². The van der Waals surface area contributed by atoms with Gasteiger partial charge in [-0.25, -0.2) is 0 Å². The van der Waals surface area contributed by atoms with Gasteiger partial charge in [-0.15, -0.1) is 125 Å². The molecule has 36 heteroatoms. The van der Waals surface area contributed by atoms with Crippen molar-refractivity contribution in [2.24, 2.45) is 11.8 Å². The van der Waals surface area contributed by atoms with E-state index in [1.54, 1.807) is 6.08 Å². The SMILES string of the molecule is CC(=O)OC/C=C(\C)C1NC(=O)CCCCCC(OC(C)=O)/C=C/[C@@H]1C.CC(=O)OC1/C=C/[C@H](C)C(/C(C)=C/CO)NC(=O)CCCCC1.PP(P)P(P)P(P(P)P)P(P)P.PPP(P(P)P)P(P(P)P)P(P)P. The second kappa shape index (κ2) is 49.9. The second-order valence-corrected chi connectivity index (χ2v) is 109. The monoisotopic (exact) mass is 1490 g/mol. The van der Waals surface area contributed by atoms with Gasteiger partial charge in [-0.2, -0.15) is 0 Å². The van der Waals surface area contributed by atoms with Crippen molar-refractivity contribution in [3.8, 4) is 0 Å². The maximum absolute atomic E-state index is 12.2. The van der Waals surface area contributed by atoms with Gasteiger partial charge in [0.05, 0.1) is 18.7 Å². The van der Waals surface area contributed by atoms with E-state index in [1.165, 1.54) is 20.8 Å². The van der Waals surface area contributed by atoms with Gasteiger partial charge in [-0.3, -0.25) is 24.0 Å². The largest absolute Gasteiger partial charge is 0.462 e. The first kappa shape index (κ1) is 83.1. The molecule has 2 aliphatic rings. The van der Waals surface area contributed by atoms with Crippen LogP contribution in [0.4, 0.5) is 0 Å². The molecule has 0 aliphatic carbocycles. The molecular weight excluding hydrogens is 1400 g/mol. The molecule has 0 radical (unpaired) electrons. The number of carbonyl (C=O) groups is 5. The van der Waals surface area contributed by atoms with E-state index in [0.29, 0.717) is 12.8 Å². The summed E-state index contributed by atoms with van der Waals surface area (Å²) in [6, 6.07) is -0.366. The van der Waals surface area contributed by atoms with Crippen molar-refractivity contribution in [3.05, 3.63) is 47.6 Å². The molecule has 0 aromatic carbocycles. The molecule has 2 amide bonds. The van der Waals surface area contributed by atoms with E-state index >= 15 is 0 Å². The summed E-state index contributed by atoms with van der Waals surface area (Å²) in [7, 11) is 43.2. The first-order valence-electron chi connectivity index (χ1n) is 23.1. The number of carbonyl (C=O) groups excluding carboxylic acids is 5. The first-order chi connectivity index (χ1) is 34.5. The maximum Gasteiger partial charge on any atom is 0.303 e. The molecule has 0 spiro atoms. The molecule has 11 nitrogen and oxygen atoms in total.